The first-order chi connectivity index (χ1) is 16.0. The maximum atomic E-state index is 13.0. The van der Waals surface area contributed by atoms with Crippen molar-refractivity contribution in [2.45, 2.75) is 26.3 Å². The van der Waals surface area contributed by atoms with Gasteiger partial charge < -0.3 is 10.1 Å². The number of nitrogens with one attached hydrogen (secondary N) is 2. The molecule has 33 heavy (non-hydrogen) atoms. The highest BCUT2D eigenvalue weighted by atomic mass is 32.1. The second kappa shape index (κ2) is 7.49. The first-order valence-electron chi connectivity index (χ1n) is 10.3. The molecule has 0 bridgehead atoms. The van der Waals surface area contributed by atoms with E-state index in [1.54, 1.807) is 23.6 Å². The molecule has 0 spiro atoms. The third kappa shape index (κ3) is 3.31. The number of aryl methyl sites for hydroxylation is 2. The van der Waals surface area contributed by atoms with E-state index in [1.807, 2.05) is 11.4 Å². The Labute approximate surface area is 195 Å². The normalized spacial score (nSPS) is 14.5. The smallest absolute Gasteiger partial charge is 0.267 e. The zero-order valence-electron chi connectivity index (χ0n) is 17.4. The fraction of sp³-hybridized carbons (Fsp3) is 0.227. The molecule has 5 heterocycles. The molecule has 0 saturated carbocycles. The van der Waals surface area contributed by atoms with E-state index < -0.39 is 0 Å². The summed E-state index contributed by atoms with van der Waals surface area (Å²) in [6.45, 7) is 2.46. The second-order valence-electron chi connectivity index (χ2n) is 7.86. The highest BCUT2D eigenvalue weighted by molar-refractivity contribution is 7.21. The predicted molar refractivity (Wildman–Crippen MR) is 127 cm³/mol. The first-order valence-corrected chi connectivity index (χ1v) is 12.0. The van der Waals surface area contributed by atoms with Gasteiger partial charge in [0, 0.05) is 23.9 Å². The summed E-state index contributed by atoms with van der Waals surface area (Å²) in [7, 11) is 0. The molecule has 0 radical (unpaired) electrons. The third-order valence-corrected chi connectivity index (χ3v) is 7.69. The number of hydrogen-bond donors (Lipinski definition) is 2. The Morgan fingerprint density at radius 3 is 3.03 bits per heavy atom. The molecule has 6 rings (SSSR count). The zero-order valence-corrected chi connectivity index (χ0v) is 19.1. The monoisotopic (exact) mass is 479 g/mol. The molecule has 2 amide bonds. The van der Waals surface area contributed by atoms with Crippen LogP contribution in [0.3, 0.4) is 0 Å². The Kier molecular flexibility index (Phi) is 4.56. The molecule has 166 valence electrons. The van der Waals surface area contributed by atoms with Crippen molar-refractivity contribution in [2.75, 3.05) is 17.2 Å². The van der Waals surface area contributed by atoms with Gasteiger partial charge in [0.1, 0.15) is 16.4 Å². The lowest BCUT2D eigenvalue weighted by atomic mass is 10.1. The minimum absolute atomic E-state index is 0.00104. The lowest BCUT2D eigenvalue weighted by Crippen LogP contribution is -2.25. The summed E-state index contributed by atoms with van der Waals surface area (Å²) < 4.78 is 7.10. The molecule has 0 saturated heterocycles. The summed E-state index contributed by atoms with van der Waals surface area (Å²) in [5.41, 5.74) is 2.63. The van der Waals surface area contributed by atoms with Gasteiger partial charge in [-0.25, -0.2) is 9.97 Å². The van der Waals surface area contributed by atoms with E-state index in [9.17, 15) is 14.4 Å². The van der Waals surface area contributed by atoms with E-state index in [0.717, 1.165) is 24.2 Å². The van der Waals surface area contributed by atoms with Gasteiger partial charge in [0.25, 0.3) is 17.4 Å². The summed E-state index contributed by atoms with van der Waals surface area (Å²) in [5, 5.41) is 8.42. The molecular formula is C22H17N5O4S2. The van der Waals surface area contributed by atoms with Gasteiger partial charge in [0.05, 0.1) is 21.6 Å². The van der Waals surface area contributed by atoms with Gasteiger partial charge in [-0.05, 0) is 37.1 Å². The number of carbonyl (C=O) groups is 2. The molecule has 0 unspecified atom stereocenters. The second-order valence-corrected chi connectivity index (χ2v) is 9.72. The number of rotatable bonds is 3. The van der Waals surface area contributed by atoms with Crippen molar-refractivity contribution in [3.8, 4) is 17.0 Å². The largest absolute Gasteiger partial charge is 0.482 e. The molecular weight excluding hydrogens is 462 g/mol. The molecule has 4 aromatic rings. The lowest BCUT2D eigenvalue weighted by Gasteiger charge is -2.18. The number of thiophene rings is 1. The van der Waals surface area contributed by atoms with Gasteiger partial charge in [-0.15, -0.1) is 22.7 Å². The van der Waals surface area contributed by atoms with Crippen molar-refractivity contribution in [3.05, 3.63) is 50.2 Å². The average molecular weight is 480 g/mol. The van der Waals surface area contributed by atoms with Gasteiger partial charge in [0.2, 0.25) is 0 Å². The molecule has 2 aliphatic heterocycles. The number of hydrogen-bond acceptors (Lipinski definition) is 8. The van der Waals surface area contributed by atoms with Gasteiger partial charge in [-0.2, -0.15) is 0 Å². The maximum Gasteiger partial charge on any atom is 0.267 e. The topological polar surface area (TPSA) is 115 Å². The molecule has 0 fully saturated rings. The molecule has 0 aliphatic carbocycles. The Morgan fingerprint density at radius 1 is 1.27 bits per heavy atom. The minimum atomic E-state index is -0.313. The standard InChI is InChI=1S/C22H17N5O4S2/c1-10-17-20(25-15-3-2-6-27(15)21(17)30)33-18(10)19(29)26-22-24-13(9-32-22)11-4-5-14-12(7-11)23-16(28)8-31-14/h4-5,7,9H,2-3,6,8H2,1H3,(H,23,28)(H,24,26,29). The molecule has 0 atom stereocenters. The van der Waals surface area contributed by atoms with E-state index in [2.05, 4.69) is 20.6 Å². The van der Waals surface area contributed by atoms with Gasteiger partial charge in [0.15, 0.2) is 11.7 Å². The molecule has 2 N–H and O–H groups in total. The Balaban J connectivity index is 1.27. The quantitative estimate of drug-likeness (QED) is 0.465. The van der Waals surface area contributed by atoms with Crippen LogP contribution in [0.4, 0.5) is 10.8 Å². The number of fused-ring (bicyclic) bond motifs is 3. The summed E-state index contributed by atoms with van der Waals surface area (Å²) in [6.07, 6.45) is 1.70. The van der Waals surface area contributed by atoms with E-state index in [1.165, 1.54) is 22.7 Å². The van der Waals surface area contributed by atoms with Crippen LogP contribution in [0.5, 0.6) is 5.75 Å². The van der Waals surface area contributed by atoms with Crippen molar-refractivity contribution in [2.24, 2.45) is 0 Å². The fourth-order valence-corrected chi connectivity index (χ4v) is 5.95. The molecule has 1 aromatic carbocycles. The van der Waals surface area contributed by atoms with Crippen LogP contribution >= 0.6 is 22.7 Å². The Hall–Kier alpha value is -3.57. The minimum Gasteiger partial charge on any atom is -0.482 e. The first kappa shape index (κ1) is 20.1. The van der Waals surface area contributed by atoms with Crippen molar-refractivity contribution >= 4 is 55.5 Å². The third-order valence-electron chi connectivity index (χ3n) is 5.75. The summed E-state index contributed by atoms with van der Waals surface area (Å²) in [6, 6.07) is 5.43. The van der Waals surface area contributed by atoms with Crippen LogP contribution < -0.4 is 20.9 Å². The van der Waals surface area contributed by atoms with Crippen LogP contribution in [-0.4, -0.2) is 33.0 Å². The Bertz CT molecular complexity index is 1530. The number of carbonyl (C=O) groups excluding carboxylic acids is 2. The van der Waals surface area contributed by atoms with Crippen molar-refractivity contribution < 1.29 is 14.3 Å². The zero-order chi connectivity index (χ0) is 22.7. The molecule has 3 aromatic heterocycles. The average Bonchev–Trinajstić information content (AvgIpc) is 3.53. The lowest BCUT2D eigenvalue weighted by molar-refractivity contribution is -0.118. The van der Waals surface area contributed by atoms with E-state index in [4.69, 9.17) is 4.74 Å². The maximum absolute atomic E-state index is 13.0. The van der Waals surface area contributed by atoms with Crippen LogP contribution in [0, 0.1) is 6.92 Å². The summed E-state index contributed by atoms with van der Waals surface area (Å²) in [5.74, 6) is 0.880. The highest BCUT2D eigenvalue weighted by Gasteiger charge is 2.24. The molecule has 11 heteroatoms. The van der Waals surface area contributed by atoms with Crippen molar-refractivity contribution in [3.63, 3.8) is 0 Å². The number of ether oxygens (including phenoxy) is 1. The summed E-state index contributed by atoms with van der Waals surface area (Å²) >= 11 is 2.54. The number of thiazole rings is 1. The molecule has 9 nitrogen and oxygen atoms in total. The Morgan fingerprint density at radius 2 is 2.15 bits per heavy atom. The van der Waals surface area contributed by atoms with Gasteiger partial charge in [-0.1, -0.05) is 0 Å². The number of anilines is 2. The number of amides is 2. The van der Waals surface area contributed by atoms with Gasteiger partial charge >= 0.3 is 0 Å². The van der Waals surface area contributed by atoms with Crippen LogP contribution in [-0.2, 0) is 17.8 Å². The number of nitrogens with zero attached hydrogens (tertiary/aromatic N) is 3. The van der Waals surface area contributed by atoms with E-state index in [0.29, 0.717) is 49.5 Å². The summed E-state index contributed by atoms with van der Waals surface area (Å²) in [4.78, 5) is 47.7. The van der Waals surface area contributed by atoms with Crippen LogP contribution in [0.2, 0.25) is 0 Å². The highest BCUT2D eigenvalue weighted by Crippen LogP contribution is 2.34. The van der Waals surface area contributed by atoms with E-state index >= 15 is 0 Å². The van der Waals surface area contributed by atoms with Gasteiger partial charge in [-0.3, -0.25) is 24.3 Å². The van der Waals surface area contributed by atoms with Crippen LogP contribution in [0.1, 0.15) is 27.5 Å². The van der Waals surface area contributed by atoms with E-state index in [-0.39, 0.29) is 24.0 Å². The number of benzene rings is 1. The SMILES string of the molecule is Cc1c(C(=O)Nc2nc(-c3ccc4c(c3)NC(=O)CO4)cs2)sc2nc3n(c(=O)c12)CCC3. The van der Waals surface area contributed by atoms with Crippen LogP contribution in [0.25, 0.3) is 21.5 Å². The van der Waals surface area contributed by atoms with Crippen LogP contribution in [0.15, 0.2) is 28.4 Å². The molecule has 2 aliphatic rings. The predicted octanol–water partition coefficient (Wildman–Crippen LogP) is 3.42. The van der Waals surface area contributed by atoms with Crippen molar-refractivity contribution in [1.82, 2.24) is 14.5 Å². The fourth-order valence-electron chi connectivity index (χ4n) is 4.15. The van der Waals surface area contributed by atoms with Crippen molar-refractivity contribution in [1.29, 1.82) is 0 Å². The number of aromatic nitrogens is 3.